The van der Waals surface area contributed by atoms with Crippen LogP contribution in [0.4, 0.5) is 0 Å². The Morgan fingerprint density at radius 2 is 1.95 bits per heavy atom. The number of para-hydroxylation sites is 1. The van der Waals surface area contributed by atoms with E-state index in [9.17, 15) is 9.59 Å². The van der Waals surface area contributed by atoms with Crippen molar-refractivity contribution in [2.75, 3.05) is 7.11 Å². The molecule has 112 valence electrons. The van der Waals surface area contributed by atoms with Crippen molar-refractivity contribution >= 4 is 27.6 Å². The first-order valence-corrected chi connectivity index (χ1v) is 7.01. The maximum absolute atomic E-state index is 12.6. The van der Waals surface area contributed by atoms with Crippen LogP contribution in [0.2, 0.25) is 0 Å². The van der Waals surface area contributed by atoms with Crippen molar-refractivity contribution in [3.63, 3.8) is 0 Å². The summed E-state index contributed by atoms with van der Waals surface area (Å²) in [7, 11) is 1.56. The molecular weight excluding hydrogens is 280 g/mol. The number of nitrogens with zero attached hydrogens (tertiary/aromatic N) is 2. The van der Waals surface area contributed by atoms with Crippen molar-refractivity contribution in [1.29, 1.82) is 0 Å². The monoisotopic (exact) mass is 296 g/mol. The molecule has 0 unspecified atom stereocenters. The van der Waals surface area contributed by atoms with E-state index < -0.39 is 0 Å². The fraction of sp³-hybridized carbons (Fsp3) is 0.235. The van der Waals surface area contributed by atoms with Gasteiger partial charge in [-0.2, -0.15) is 0 Å². The second-order valence-electron chi connectivity index (χ2n) is 5.25. The van der Waals surface area contributed by atoms with Gasteiger partial charge in [0.2, 0.25) is 0 Å². The lowest BCUT2D eigenvalue weighted by Crippen LogP contribution is -2.22. The number of methoxy groups -OCH3 is 1. The van der Waals surface area contributed by atoms with E-state index in [1.165, 1.54) is 6.92 Å². The van der Waals surface area contributed by atoms with Gasteiger partial charge in [0.25, 0.3) is 5.56 Å². The smallest absolute Gasteiger partial charge is 0.262 e. The zero-order valence-corrected chi connectivity index (χ0v) is 12.5. The second-order valence-corrected chi connectivity index (χ2v) is 5.25. The SMILES string of the molecule is COCn1c(=O)c2ccc(CC(C)=O)nc2c2ccccc21. The Kier molecular flexibility index (Phi) is 3.73. The number of ether oxygens (including phenoxy) is 1. The normalized spacial score (nSPS) is 11.2. The van der Waals surface area contributed by atoms with E-state index in [-0.39, 0.29) is 24.5 Å². The molecule has 0 fully saturated rings. The van der Waals surface area contributed by atoms with Gasteiger partial charge in [-0.25, -0.2) is 0 Å². The maximum Gasteiger partial charge on any atom is 0.262 e. The molecule has 0 amide bonds. The number of ketones is 1. The number of hydrogen-bond donors (Lipinski definition) is 0. The summed E-state index contributed by atoms with van der Waals surface area (Å²) in [5.41, 5.74) is 1.94. The number of benzene rings is 1. The highest BCUT2D eigenvalue weighted by atomic mass is 16.5. The Bertz CT molecular complexity index is 928. The first-order chi connectivity index (χ1) is 10.6. The van der Waals surface area contributed by atoms with E-state index in [2.05, 4.69) is 4.98 Å². The quantitative estimate of drug-likeness (QED) is 0.693. The van der Waals surface area contributed by atoms with Gasteiger partial charge in [-0.15, -0.1) is 0 Å². The van der Waals surface area contributed by atoms with Gasteiger partial charge >= 0.3 is 0 Å². The summed E-state index contributed by atoms with van der Waals surface area (Å²) >= 11 is 0. The molecule has 5 nitrogen and oxygen atoms in total. The Morgan fingerprint density at radius 3 is 2.68 bits per heavy atom. The summed E-state index contributed by atoms with van der Waals surface area (Å²) in [6.45, 7) is 1.71. The molecular formula is C17H16N2O3. The minimum atomic E-state index is -0.141. The van der Waals surface area contributed by atoms with Crippen LogP contribution >= 0.6 is 0 Å². The first kappa shape index (κ1) is 14.4. The molecule has 0 saturated carbocycles. The Morgan fingerprint density at radius 1 is 1.18 bits per heavy atom. The van der Waals surface area contributed by atoms with Crippen molar-refractivity contribution in [2.24, 2.45) is 0 Å². The van der Waals surface area contributed by atoms with Gasteiger partial charge in [0.05, 0.1) is 16.4 Å². The summed E-state index contributed by atoms with van der Waals surface area (Å²) in [6, 6.07) is 11.0. The number of Topliss-reactive ketones (excluding diaryl/α,β-unsaturated/α-hetero) is 1. The number of pyridine rings is 2. The third-order valence-corrected chi connectivity index (χ3v) is 3.57. The van der Waals surface area contributed by atoms with Crippen molar-refractivity contribution in [3.05, 3.63) is 52.4 Å². The topological polar surface area (TPSA) is 61.2 Å². The van der Waals surface area contributed by atoms with E-state index in [1.54, 1.807) is 23.8 Å². The number of carbonyl (C=O) groups is 1. The minimum Gasteiger partial charge on any atom is -0.364 e. The van der Waals surface area contributed by atoms with E-state index in [4.69, 9.17) is 4.74 Å². The summed E-state index contributed by atoms with van der Waals surface area (Å²) in [4.78, 5) is 28.5. The largest absolute Gasteiger partial charge is 0.364 e. The average Bonchev–Trinajstić information content (AvgIpc) is 2.51. The standard InChI is InChI=1S/C17H16N2O3/c1-11(20)9-12-7-8-14-16(18-12)13-5-3-4-6-15(13)19(10-22-2)17(14)21/h3-8H,9-10H2,1-2H3. The molecule has 22 heavy (non-hydrogen) atoms. The van der Waals surface area contributed by atoms with E-state index in [1.807, 2.05) is 24.3 Å². The summed E-state index contributed by atoms with van der Waals surface area (Å²) in [5.74, 6) is 0.0453. The number of aromatic nitrogens is 2. The molecule has 1 aromatic carbocycles. The molecule has 0 aliphatic heterocycles. The number of fused-ring (bicyclic) bond motifs is 3. The molecule has 2 aromatic heterocycles. The summed E-state index contributed by atoms with van der Waals surface area (Å²) in [6.07, 6.45) is 0.269. The number of carbonyl (C=O) groups excluding carboxylic acids is 1. The third-order valence-electron chi connectivity index (χ3n) is 3.57. The van der Waals surface area contributed by atoms with Gasteiger partial charge in [0.1, 0.15) is 12.5 Å². The van der Waals surface area contributed by atoms with Crippen molar-refractivity contribution < 1.29 is 9.53 Å². The van der Waals surface area contributed by atoms with Gasteiger partial charge in [0.15, 0.2) is 0 Å². The Balaban J connectivity index is 2.39. The molecule has 0 bridgehead atoms. The first-order valence-electron chi connectivity index (χ1n) is 7.01. The molecule has 0 aliphatic carbocycles. The van der Waals surface area contributed by atoms with Crippen molar-refractivity contribution in [1.82, 2.24) is 9.55 Å². The van der Waals surface area contributed by atoms with Gasteiger partial charge in [-0.3, -0.25) is 19.1 Å². The van der Waals surface area contributed by atoms with Crippen LogP contribution in [0.15, 0.2) is 41.2 Å². The molecule has 3 aromatic rings. The Hall–Kier alpha value is -2.53. The highest BCUT2D eigenvalue weighted by molar-refractivity contribution is 6.03. The maximum atomic E-state index is 12.6. The molecule has 0 spiro atoms. The molecule has 2 heterocycles. The fourth-order valence-electron chi connectivity index (χ4n) is 2.65. The van der Waals surface area contributed by atoms with E-state index >= 15 is 0 Å². The Labute approximate surface area is 127 Å². The lowest BCUT2D eigenvalue weighted by atomic mass is 10.1. The zero-order valence-electron chi connectivity index (χ0n) is 12.5. The van der Waals surface area contributed by atoms with E-state index in [0.29, 0.717) is 16.6 Å². The number of hydrogen-bond acceptors (Lipinski definition) is 4. The average molecular weight is 296 g/mol. The predicted octanol–water partition coefficient (Wildman–Crippen LogP) is 2.29. The number of rotatable bonds is 4. The van der Waals surface area contributed by atoms with Crippen LogP contribution in [0.5, 0.6) is 0 Å². The van der Waals surface area contributed by atoms with Crippen LogP contribution in [0, 0.1) is 0 Å². The molecule has 0 radical (unpaired) electrons. The molecule has 3 rings (SSSR count). The minimum absolute atomic E-state index is 0.0453. The lowest BCUT2D eigenvalue weighted by Gasteiger charge is -2.12. The molecule has 0 atom stereocenters. The van der Waals surface area contributed by atoms with Crippen LogP contribution in [0.25, 0.3) is 21.8 Å². The highest BCUT2D eigenvalue weighted by Gasteiger charge is 2.12. The lowest BCUT2D eigenvalue weighted by molar-refractivity contribution is -0.116. The van der Waals surface area contributed by atoms with Crippen LogP contribution < -0.4 is 5.56 Å². The zero-order chi connectivity index (χ0) is 15.7. The van der Waals surface area contributed by atoms with Crippen LogP contribution in [-0.4, -0.2) is 22.4 Å². The van der Waals surface area contributed by atoms with Crippen molar-refractivity contribution in [3.8, 4) is 0 Å². The second kappa shape index (κ2) is 5.69. The molecule has 0 aliphatic rings. The van der Waals surface area contributed by atoms with E-state index in [0.717, 1.165) is 10.9 Å². The van der Waals surface area contributed by atoms with Crippen LogP contribution in [0.1, 0.15) is 12.6 Å². The van der Waals surface area contributed by atoms with Gasteiger partial charge in [0, 0.05) is 24.6 Å². The van der Waals surface area contributed by atoms with Gasteiger partial charge in [-0.1, -0.05) is 18.2 Å². The third kappa shape index (κ3) is 2.40. The molecule has 5 heteroatoms. The molecule has 0 saturated heterocycles. The summed E-state index contributed by atoms with van der Waals surface area (Å²) < 4.78 is 6.73. The van der Waals surface area contributed by atoms with Crippen molar-refractivity contribution in [2.45, 2.75) is 20.1 Å². The van der Waals surface area contributed by atoms with Gasteiger partial charge < -0.3 is 4.74 Å². The van der Waals surface area contributed by atoms with Gasteiger partial charge in [-0.05, 0) is 25.1 Å². The highest BCUT2D eigenvalue weighted by Crippen LogP contribution is 2.21. The fourth-order valence-corrected chi connectivity index (χ4v) is 2.65. The molecule has 0 N–H and O–H groups in total. The predicted molar refractivity (Wildman–Crippen MR) is 84.9 cm³/mol. The summed E-state index contributed by atoms with van der Waals surface area (Å²) in [5, 5.41) is 1.41. The van der Waals surface area contributed by atoms with Crippen LogP contribution in [-0.2, 0) is 22.7 Å². The van der Waals surface area contributed by atoms with Crippen LogP contribution in [0.3, 0.4) is 0 Å².